The van der Waals surface area contributed by atoms with E-state index in [1.807, 2.05) is 13.8 Å². The molecule has 0 radical (unpaired) electrons. The van der Waals surface area contributed by atoms with E-state index in [1.165, 1.54) is 28.6 Å². The van der Waals surface area contributed by atoms with Crippen molar-refractivity contribution in [1.29, 1.82) is 0 Å². The summed E-state index contributed by atoms with van der Waals surface area (Å²) in [5.41, 5.74) is 1.88. The molecule has 1 aliphatic rings. The van der Waals surface area contributed by atoms with Crippen molar-refractivity contribution in [3.63, 3.8) is 0 Å². The first-order valence-corrected chi connectivity index (χ1v) is 12.7. The van der Waals surface area contributed by atoms with Crippen LogP contribution in [0.1, 0.15) is 30.6 Å². The van der Waals surface area contributed by atoms with Gasteiger partial charge >= 0.3 is 5.97 Å². The van der Waals surface area contributed by atoms with Gasteiger partial charge in [-0.15, -0.1) is 0 Å². The number of benzene rings is 2. The number of ether oxygens (including phenoxy) is 1. The molecule has 1 saturated heterocycles. The molecule has 4 rings (SSSR count). The van der Waals surface area contributed by atoms with Gasteiger partial charge in [0.25, 0.3) is 5.91 Å². The van der Waals surface area contributed by atoms with E-state index in [0.717, 1.165) is 18.1 Å². The number of rotatable bonds is 6. The SMILES string of the molecule is CC1CC(C)CN(S(=O)(=O)c2ccc(C(=O)OCC(=O)Nc3cccc4nsnc34)cc2)C1. The topological polar surface area (TPSA) is 119 Å². The number of hydrogen-bond donors (Lipinski definition) is 1. The number of nitrogens with zero attached hydrogens (tertiary/aromatic N) is 3. The number of nitrogens with one attached hydrogen (secondary N) is 1. The number of hydrogen-bond acceptors (Lipinski definition) is 8. The Labute approximate surface area is 196 Å². The minimum absolute atomic E-state index is 0.128. The Bertz CT molecular complexity index is 1260. The first kappa shape index (κ1) is 23.3. The van der Waals surface area contributed by atoms with Crippen LogP contribution >= 0.6 is 11.7 Å². The van der Waals surface area contributed by atoms with E-state index in [0.29, 0.717) is 41.6 Å². The third kappa shape index (κ3) is 5.21. The molecule has 2 aromatic carbocycles. The van der Waals surface area contributed by atoms with Crippen LogP contribution < -0.4 is 5.32 Å². The summed E-state index contributed by atoms with van der Waals surface area (Å²) in [4.78, 5) is 24.7. The standard InChI is InChI=1S/C22H24N4O5S2/c1-14-10-15(2)12-26(11-14)33(29,30)17-8-6-16(7-9-17)22(28)31-13-20(27)23-18-4-3-5-19-21(18)25-32-24-19/h3-9,14-15H,10-13H2,1-2H3,(H,23,27). The third-order valence-corrected chi connectivity index (χ3v) is 7.85. The minimum Gasteiger partial charge on any atom is -0.452 e. The molecule has 33 heavy (non-hydrogen) atoms. The second-order valence-electron chi connectivity index (χ2n) is 8.35. The largest absolute Gasteiger partial charge is 0.452 e. The predicted molar refractivity (Wildman–Crippen MR) is 124 cm³/mol. The highest BCUT2D eigenvalue weighted by atomic mass is 32.2. The van der Waals surface area contributed by atoms with Gasteiger partial charge < -0.3 is 10.1 Å². The summed E-state index contributed by atoms with van der Waals surface area (Å²) in [5, 5.41) is 2.65. The van der Waals surface area contributed by atoms with Crippen molar-refractivity contribution in [3.05, 3.63) is 48.0 Å². The zero-order valence-electron chi connectivity index (χ0n) is 18.2. The van der Waals surface area contributed by atoms with E-state index in [9.17, 15) is 18.0 Å². The Morgan fingerprint density at radius 2 is 1.79 bits per heavy atom. The molecule has 1 N–H and O–H groups in total. The van der Waals surface area contributed by atoms with Gasteiger partial charge in [0.2, 0.25) is 10.0 Å². The number of carbonyl (C=O) groups excluding carboxylic acids is 2. The summed E-state index contributed by atoms with van der Waals surface area (Å²) in [6.45, 7) is 4.56. The Morgan fingerprint density at radius 3 is 2.48 bits per heavy atom. The number of fused-ring (bicyclic) bond motifs is 1. The summed E-state index contributed by atoms with van der Waals surface area (Å²) in [6, 6.07) is 10.8. The maximum Gasteiger partial charge on any atom is 0.338 e. The van der Waals surface area contributed by atoms with Crippen LogP contribution in [-0.4, -0.2) is 53.0 Å². The highest BCUT2D eigenvalue weighted by molar-refractivity contribution is 7.89. The average Bonchev–Trinajstić information content (AvgIpc) is 3.27. The second kappa shape index (κ2) is 9.54. The summed E-state index contributed by atoms with van der Waals surface area (Å²) in [7, 11) is -3.64. The molecule has 0 spiro atoms. The van der Waals surface area contributed by atoms with E-state index in [2.05, 4.69) is 14.1 Å². The highest BCUT2D eigenvalue weighted by Crippen LogP contribution is 2.27. The van der Waals surface area contributed by atoms with Crippen molar-refractivity contribution >= 4 is 50.3 Å². The molecule has 0 aliphatic carbocycles. The van der Waals surface area contributed by atoms with E-state index < -0.39 is 28.5 Å². The molecule has 1 amide bonds. The van der Waals surface area contributed by atoms with Crippen LogP contribution in [0.3, 0.4) is 0 Å². The van der Waals surface area contributed by atoms with Gasteiger partial charge in [0.15, 0.2) is 6.61 Å². The fourth-order valence-corrected chi connectivity index (χ4v) is 6.25. The van der Waals surface area contributed by atoms with E-state index in [4.69, 9.17) is 4.74 Å². The number of esters is 1. The lowest BCUT2D eigenvalue weighted by Crippen LogP contribution is -2.42. The van der Waals surface area contributed by atoms with Crippen molar-refractivity contribution in [2.45, 2.75) is 25.2 Å². The summed E-state index contributed by atoms with van der Waals surface area (Å²) >= 11 is 1.04. The van der Waals surface area contributed by atoms with Crippen LogP contribution in [0.4, 0.5) is 5.69 Å². The molecule has 0 saturated carbocycles. The van der Waals surface area contributed by atoms with Gasteiger partial charge in [-0.3, -0.25) is 4.79 Å². The first-order chi connectivity index (χ1) is 15.7. The Balaban J connectivity index is 1.36. The van der Waals surface area contributed by atoms with Gasteiger partial charge in [-0.05, 0) is 54.7 Å². The Morgan fingerprint density at radius 1 is 1.09 bits per heavy atom. The molecule has 1 aromatic heterocycles. The average molecular weight is 489 g/mol. The monoisotopic (exact) mass is 488 g/mol. The molecule has 2 heterocycles. The number of amides is 1. The lowest BCUT2D eigenvalue weighted by atomic mass is 9.94. The van der Waals surface area contributed by atoms with Gasteiger partial charge in [-0.2, -0.15) is 13.1 Å². The number of anilines is 1. The van der Waals surface area contributed by atoms with E-state index >= 15 is 0 Å². The molecule has 2 atom stereocenters. The zero-order chi connectivity index (χ0) is 23.6. The molecule has 11 heteroatoms. The fourth-order valence-electron chi connectivity index (χ4n) is 4.02. The van der Waals surface area contributed by atoms with Gasteiger partial charge in [0.05, 0.1) is 27.9 Å². The van der Waals surface area contributed by atoms with Crippen molar-refractivity contribution in [3.8, 4) is 0 Å². The van der Waals surface area contributed by atoms with E-state index in [1.54, 1.807) is 18.2 Å². The van der Waals surface area contributed by atoms with Crippen molar-refractivity contribution in [2.24, 2.45) is 11.8 Å². The van der Waals surface area contributed by atoms with Gasteiger partial charge in [-0.1, -0.05) is 19.9 Å². The number of piperidine rings is 1. The summed E-state index contributed by atoms with van der Waals surface area (Å²) in [6.07, 6.45) is 1.00. The molecular weight excluding hydrogens is 464 g/mol. The van der Waals surface area contributed by atoms with Crippen LogP contribution in [0.15, 0.2) is 47.4 Å². The first-order valence-electron chi connectivity index (χ1n) is 10.5. The predicted octanol–water partition coefficient (Wildman–Crippen LogP) is 3.15. The second-order valence-corrected chi connectivity index (χ2v) is 10.8. The maximum absolute atomic E-state index is 13.0. The number of sulfonamides is 1. The maximum atomic E-state index is 13.0. The van der Waals surface area contributed by atoms with Crippen LogP contribution in [0, 0.1) is 11.8 Å². The Kier molecular flexibility index (Phi) is 6.73. The summed E-state index contributed by atoms with van der Waals surface area (Å²) in [5.74, 6) is -0.649. The number of aromatic nitrogens is 2. The van der Waals surface area contributed by atoms with Gasteiger partial charge in [0.1, 0.15) is 11.0 Å². The highest BCUT2D eigenvalue weighted by Gasteiger charge is 2.31. The molecule has 3 aromatic rings. The van der Waals surface area contributed by atoms with Gasteiger partial charge in [-0.25, -0.2) is 13.2 Å². The molecule has 0 bridgehead atoms. The van der Waals surface area contributed by atoms with Gasteiger partial charge in [0, 0.05) is 13.1 Å². The third-order valence-electron chi connectivity index (χ3n) is 5.46. The molecule has 174 valence electrons. The smallest absolute Gasteiger partial charge is 0.338 e. The fraction of sp³-hybridized carbons (Fsp3) is 0.364. The van der Waals surface area contributed by atoms with E-state index in [-0.39, 0.29) is 10.5 Å². The molecule has 9 nitrogen and oxygen atoms in total. The van der Waals surface area contributed by atoms with Crippen LogP contribution in [0.25, 0.3) is 11.0 Å². The lowest BCUT2D eigenvalue weighted by Gasteiger charge is -2.34. The van der Waals surface area contributed by atoms with Crippen molar-refractivity contribution in [1.82, 2.24) is 13.1 Å². The van der Waals surface area contributed by atoms with Crippen molar-refractivity contribution in [2.75, 3.05) is 25.0 Å². The normalized spacial score (nSPS) is 19.3. The molecule has 1 fully saturated rings. The molecule has 1 aliphatic heterocycles. The van der Waals surface area contributed by atoms with Crippen LogP contribution in [-0.2, 0) is 19.6 Å². The van der Waals surface area contributed by atoms with Crippen molar-refractivity contribution < 1.29 is 22.7 Å². The zero-order valence-corrected chi connectivity index (χ0v) is 19.9. The van der Waals surface area contributed by atoms with Crippen LogP contribution in [0.5, 0.6) is 0 Å². The molecular formula is C22H24N4O5S2. The summed E-state index contributed by atoms with van der Waals surface area (Å²) < 4.78 is 40.8. The quantitative estimate of drug-likeness (QED) is 0.530. The van der Waals surface area contributed by atoms with Crippen LogP contribution in [0.2, 0.25) is 0 Å². The lowest BCUT2D eigenvalue weighted by molar-refractivity contribution is -0.119. The Hall–Kier alpha value is -2.89. The minimum atomic E-state index is -3.64. The molecule has 2 unspecified atom stereocenters. The number of carbonyl (C=O) groups is 2.